The first kappa shape index (κ1) is 24.7. The first-order valence-corrected chi connectivity index (χ1v) is 11.3. The summed E-state index contributed by atoms with van der Waals surface area (Å²) >= 11 is 4.51. The predicted molar refractivity (Wildman–Crippen MR) is 137 cm³/mol. The summed E-state index contributed by atoms with van der Waals surface area (Å²) < 4.78 is 0. The summed E-state index contributed by atoms with van der Waals surface area (Å²) in [7, 11) is 2.78. The second-order valence-electron chi connectivity index (χ2n) is 7.43. The fourth-order valence-corrected chi connectivity index (χ4v) is 3.83. The standard InChI is InChI=1S/C26H37PS/c1-8-18(4)16-20(6)24-15-14-23(12-11-13-25(27)28)26(21(24)7)22(10-3)17-19(5)9-2/h8-10,14-17,25,28H,2,11-13,27H2,1,3-7H3/b18-8-,19-17-,20-16+,22-10+. The molecule has 0 amide bonds. The highest BCUT2D eigenvalue weighted by Crippen LogP contribution is 2.33. The van der Waals surface area contributed by atoms with Crippen molar-refractivity contribution in [2.75, 3.05) is 0 Å². The molecule has 2 heteroatoms. The minimum absolute atomic E-state index is 0.363. The van der Waals surface area contributed by atoms with Gasteiger partial charge in [-0.25, -0.2) is 0 Å². The smallest absolute Gasteiger partial charge is 0.0160 e. The van der Waals surface area contributed by atoms with Gasteiger partial charge in [0.15, 0.2) is 0 Å². The maximum absolute atomic E-state index is 4.51. The molecule has 0 bridgehead atoms. The van der Waals surface area contributed by atoms with E-state index < -0.39 is 0 Å². The van der Waals surface area contributed by atoms with Gasteiger partial charge < -0.3 is 0 Å². The van der Waals surface area contributed by atoms with Gasteiger partial charge in [-0.2, -0.15) is 12.6 Å². The SMILES string of the molecule is C=C/C(C)=C\C(=C/C)c1c(CCCC(P)S)ccc(/C(C)=C/C(C)=C\C)c1C. The van der Waals surface area contributed by atoms with E-state index in [2.05, 4.69) is 106 Å². The van der Waals surface area contributed by atoms with Gasteiger partial charge in [0.25, 0.3) is 0 Å². The number of hydrogen-bond donors (Lipinski definition) is 1. The quantitative estimate of drug-likeness (QED) is 0.235. The second-order valence-corrected chi connectivity index (χ2v) is 9.46. The zero-order valence-corrected chi connectivity index (χ0v) is 20.5. The van der Waals surface area contributed by atoms with E-state index in [4.69, 9.17) is 0 Å². The zero-order chi connectivity index (χ0) is 21.3. The Morgan fingerprint density at radius 3 is 2.32 bits per heavy atom. The van der Waals surface area contributed by atoms with Crippen LogP contribution in [0.25, 0.3) is 11.1 Å². The third-order valence-corrected chi connectivity index (χ3v) is 5.72. The zero-order valence-electron chi connectivity index (χ0n) is 18.5. The lowest BCUT2D eigenvalue weighted by atomic mass is 9.86. The highest BCUT2D eigenvalue weighted by molar-refractivity contribution is 7.85. The van der Waals surface area contributed by atoms with Crippen LogP contribution in [0.3, 0.4) is 0 Å². The van der Waals surface area contributed by atoms with Crippen molar-refractivity contribution in [3.63, 3.8) is 0 Å². The molecule has 0 spiro atoms. The molecule has 0 radical (unpaired) electrons. The molecule has 2 atom stereocenters. The van der Waals surface area contributed by atoms with Gasteiger partial charge in [-0.05, 0) is 94.2 Å². The van der Waals surface area contributed by atoms with Crippen LogP contribution in [-0.4, -0.2) is 4.99 Å². The maximum Gasteiger partial charge on any atom is 0.0160 e. The molecular formula is C26H37PS. The summed E-state index contributed by atoms with van der Waals surface area (Å²) in [4.78, 5) is 0.363. The number of thiol groups is 1. The molecular weight excluding hydrogens is 375 g/mol. The first-order chi connectivity index (χ1) is 13.2. The van der Waals surface area contributed by atoms with Gasteiger partial charge in [0.05, 0.1) is 0 Å². The molecule has 0 heterocycles. The van der Waals surface area contributed by atoms with E-state index in [9.17, 15) is 0 Å². The normalized spacial score (nSPS) is 15.0. The Bertz CT molecular complexity index is 804. The van der Waals surface area contributed by atoms with E-state index in [-0.39, 0.29) is 0 Å². The summed E-state index contributed by atoms with van der Waals surface area (Å²) in [5.74, 6) is 0. The van der Waals surface area contributed by atoms with Crippen molar-refractivity contribution in [2.45, 2.75) is 65.8 Å². The Hall–Kier alpha value is -1.30. The van der Waals surface area contributed by atoms with Crippen LogP contribution in [0.1, 0.15) is 69.7 Å². The summed E-state index contributed by atoms with van der Waals surface area (Å²) in [6, 6.07) is 4.61. The Kier molecular flexibility index (Phi) is 10.9. The lowest BCUT2D eigenvalue weighted by molar-refractivity contribution is 0.785. The van der Waals surface area contributed by atoms with Crippen molar-refractivity contribution in [2.24, 2.45) is 0 Å². The summed E-state index contributed by atoms with van der Waals surface area (Å²) in [6.45, 7) is 16.9. The molecule has 1 rings (SSSR count). The van der Waals surface area contributed by atoms with E-state index >= 15 is 0 Å². The third kappa shape index (κ3) is 7.26. The van der Waals surface area contributed by atoms with E-state index in [0.717, 1.165) is 19.3 Å². The molecule has 0 saturated carbocycles. The Morgan fingerprint density at radius 1 is 1.11 bits per heavy atom. The average molecular weight is 413 g/mol. The van der Waals surface area contributed by atoms with Crippen molar-refractivity contribution in [3.05, 3.63) is 82.5 Å². The molecule has 0 N–H and O–H groups in total. The van der Waals surface area contributed by atoms with E-state index in [0.29, 0.717) is 4.99 Å². The van der Waals surface area contributed by atoms with Crippen LogP contribution < -0.4 is 0 Å². The number of rotatable bonds is 9. The molecule has 0 nitrogen and oxygen atoms in total. The third-order valence-electron chi connectivity index (χ3n) is 5.13. The topological polar surface area (TPSA) is 0 Å². The fraction of sp³-hybridized carbons (Fsp3) is 0.385. The fourth-order valence-electron chi connectivity index (χ4n) is 3.41. The van der Waals surface area contributed by atoms with Crippen molar-refractivity contribution >= 4 is 33.0 Å². The second kappa shape index (κ2) is 12.3. The van der Waals surface area contributed by atoms with Gasteiger partial charge in [0.2, 0.25) is 0 Å². The van der Waals surface area contributed by atoms with Crippen molar-refractivity contribution in [1.29, 1.82) is 0 Å². The molecule has 1 aromatic carbocycles. The van der Waals surface area contributed by atoms with Gasteiger partial charge in [-0.15, -0.1) is 9.24 Å². The van der Waals surface area contributed by atoms with Gasteiger partial charge in [-0.1, -0.05) is 60.2 Å². The monoisotopic (exact) mass is 412 g/mol. The highest BCUT2D eigenvalue weighted by atomic mass is 32.1. The van der Waals surface area contributed by atoms with Crippen molar-refractivity contribution in [1.82, 2.24) is 0 Å². The van der Waals surface area contributed by atoms with Gasteiger partial charge in [0.1, 0.15) is 0 Å². The van der Waals surface area contributed by atoms with Gasteiger partial charge in [-0.3, -0.25) is 0 Å². The lowest BCUT2D eigenvalue weighted by Gasteiger charge is -2.19. The highest BCUT2D eigenvalue weighted by Gasteiger charge is 2.14. The molecule has 0 saturated heterocycles. The largest absolute Gasteiger partial charge is 0.172 e. The van der Waals surface area contributed by atoms with Crippen LogP contribution in [0.2, 0.25) is 0 Å². The first-order valence-electron chi connectivity index (χ1n) is 10.1. The van der Waals surface area contributed by atoms with Crippen LogP contribution >= 0.6 is 21.9 Å². The minimum Gasteiger partial charge on any atom is -0.172 e. The molecule has 1 aromatic rings. The summed E-state index contributed by atoms with van der Waals surface area (Å²) in [5, 5.41) is 0. The summed E-state index contributed by atoms with van der Waals surface area (Å²) in [5.41, 5.74) is 10.5. The minimum atomic E-state index is 0.363. The van der Waals surface area contributed by atoms with Crippen molar-refractivity contribution in [3.8, 4) is 0 Å². The molecule has 0 aliphatic heterocycles. The molecule has 0 aromatic heterocycles. The average Bonchev–Trinajstić information content (AvgIpc) is 2.65. The van der Waals surface area contributed by atoms with Crippen molar-refractivity contribution < 1.29 is 0 Å². The van der Waals surface area contributed by atoms with Gasteiger partial charge >= 0.3 is 0 Å². The molecule has 2 unspecified atom stereocenters. The summed E-state index contributed by atoms with van der Waals surface area (Å²) in [6.07, 6.45) is 14.1. The number of allylic oxidation sites excluding steroid dienone is 9. The number of aryl methyl sites for hydroxylation is 1. The van der Waals surface area contributed by atoms with Crippen LogP contribution in [-0.2, 0) is 6.42 Å². The van der Waals surface area contributed by atoms with Crippen LogP contribution in [0.4, 0.5) is 0 Å². The number of benzene rings is 1. The van der Waals surface area contributed by atoms with E-state index in [1.54, 1.807) is 0 Å². The van der Waals surface area contributed by atoms with E-state index in [1.807, 2.05) is 6.08 Å². The number of hydrogen-bond acceptors (Lipinski definition) is 1. The van der Waals surface area contributed by atoms with Crippen LogP contribution in [0, 0.1) is 6.92 Å². The lowest BCUT2D eigenvalue weighted by Crippen LogP contribution is -2.01. The van der Waals surface area contributed by atoms with Gasteiger partial charge in [0, 0.05) is 4.99 Å². The van der Waals surface area contributed by atoms with Crippen LogP contribution in [0.5, 0.6) is 0 Å². The molecule has 152 valence electrons. The van der Waals surface area contributed by atoms with Crippen LogP contribution in [0.15, 0.2) is 60.2 Å². The molecule has 0 fully saturated rings. The van der Waals surface area contributed by atoms with E-state index in [1.165, 1.54) is 44.5 Å². The molecule has 0 aliphatic rings. The Labute approximate surface area is 181 Å². The Balaban J connectivity index is 3.56. The molecule has 0 aliphatic carbocycles. The molecule has 28 heavy (non-hydrogen) atoms. The maximum atomic E-state index is 4.51. The Morgan fingerprint density at radius 2 is 1.79 bits per heavy atom. The predicted octanol–water partition coefficient (Wildman–Crippen LogP) is 8.35.